The minimum atomic E-state index is -0.219. The van der Waals surface area contributed by atoms with Crippen molar-refractivity contribution in [1.29, 1.82) is 0 Å². The number of fused-ring (bicyclic) bond motifs is 1. The largest absolute Gasteiger partial charge is 0.354 e. The Morgan fingerprint density at radius 3 is 2.60 bits per heavy atom. The van der Waals surface area contributed by atoms with E-state index < -0.39 is 0 Å². The summed E-state index contributed by atoms with van der Waals surface area (Å²) in [6.45, 7) is 4.44. The molecule has 1 N–H and O–H groups in total. The van der Waals surface area contributed by atoms with Crippen LogP contribution in [0.4, 0.5) is 0 Å². The number of amides is 1. The van der Waals surface area contributed by atoms with Crippen LogP contribution >= 0.6 is 0 Å². The highest BCUT2D eigenvalue weighted by atomic mass is 16.1. The van der Waals surface area contributed by atoms with Gasteiger partial charge in [-0.15, -0.1) is 5.10 Å². The fourth-order valence-corrected chi connectivity index (χ4v) is 3.56. The summed E-state index contributed by atoms with van der Waals surface area (Å²) in [4.78, 5) is 24.6. The number of nitrogens with one attached hydrogen (secondary N) is 1. The lowest BCUT2D eigenvalue weighted by Crippen LogP contribution is -2.33. The Morgan fingerprint density at radius 1 is 1.00 bits per heavy atom. The third-order valence-electron chi connectivity index (χ3n) is 4.96. The van der Waals surface area contributed by atoms with Gasteiger partial charge in [-0.05, 0) is 42.3 Å². The second-order valence-electron chi connectivity index (χ2n) is 7.26. The number of aryl methyl sites for hydroxylation is 2. The van der Waals surface area contributed by atoms with E-state index in [0.717, 1.165) is 27.7 Å². The van der Waals surface area contributed by atoms with Crippen molar-refractivity contribution in [2.45, 2.75) is 26.8 Å². The molecule has 30 heavy (non-hydrogen) atoms. The van der Waals surface area contributed by atoms with Crippen molar-refractivity contribution in [2.75, 3.05) is 6.54 Å². The Kier molecular flexibility index (Phi) is 5.43. The first kappa shape index (κ1) is 19.6. The van der Waals surface area contributed by atoms with Gasteiger partial charge in [-0.1, -0.05) is 42.5 Å². The van der Waals surface area contributed by atoms with Gasteiger partial charge in [0.15, 0.2) is 5.82 Å². The monoisotopic (exact) mass is 401 g/mol. The van der Waals surface area contributed by atoms with Gasteiger partial charge >= 0.3 is 0 Å². The van der Waals surface area contributed by atoms with E-state index in [1.54, 1.807) is 10.7 Å². The van der Waals surface area contributed by atoms with Crippen LogP contribution in [-0.2, 0) is 17.8 Å². The average Bonchev–Trinajstić information content (AvgIpc) is 3.07. The number of carbonyl (C=O) groups excluding carboxylic acids is 1. The van der Waals surface area contributed by atoms with Crippen molar-refractivity contribution in [3.05, 3.63) is 88.0 Å². The maximum Gasteiger partial charge on any atom is 0.266 e. The molecule has 152 valence electrons. The number of nitrogens with zero attached hydrogens (tertiary/aromatic N) is 4. The Labute approximate surface area is 174 Å². The van der Waals surface area contributed by atoms with E-state index in [4.69, 9.17) is 0 Å². The van der Waals surface area contributed by atoms with Gasteiger partial charge in [0.25, 0.3) is 5.56 Å². The molecule has 4 aromatic rings. The van der Waals surface area contributed by atoms with Crippen molar-refractivity contribution in [2.24, 2.45) is 0 Å². The topological polar surface area (TPSA) is 81.8 Å². The summed E-state index contributed by atoms with van der Waals surface area (Å²) in [5, 5.41) is 13.9. The molecule has 2 aromatic carbocycles. The maximum atomic E-state index is 12.4. The maximum absolute atomic E-state index is 12.4. The molecule has 0 spiro atoms. The fourth-order valence-electron chi connectivity index (χ4n) is 3.56. The zero-order chi connectivity index (χ0) is 21.1. The first-order valence-electron chi connectivity index (χ1n) is 9.86. The number of rotatable bonds is 6. The molecule has 0 bridgehead atoms. The quantitative estimate of drug-likeness (QED) is 0.538. The van der Waals surface area contributed by atoms with E-state index in [9.17, 15) is 9.59 Å². The van der Waals surface area contributed by atoms with E-state index in [1.807, 2.05) is 62.4 Å². The van der Waals surface area contributed by atoms with Crippen molar-refractivity contribution >= 4 is 16.7 Å². The van der Waals surface area contributed by atoms with Crippen molar-refractivity contribution < 1.29 is 4.79 Å². The summed E-state index contributed by atoms with van der Waals surface area (Å²) >= 11 is 0. The lowest BCUT2D eigenvalue weighted by atomic mass is 10.0. The predicted molar refractivity (Wildman–Crippen MR) is 116 cm³/mol. The number of benzene rings is 2. The van der Waals surface area contributed by atoms with E-state index in [0.29, 0.717) is 12.4 Å². The summed E-state index contributed by atoms with van der Waals surface area (Å²) in [6, 6.07) is 19.0. The normalized spacial score (nSPS) is 11.0. The van der Waals surface area contributed by atoms with Gasteiger partial charge in [-0.2, -0.15) is 5.10 Å². The molecule has 0 saturated carbocycles. The smallest absolute Gasteiger partial charge is 0.266 e. The lowest BCUT2D eigenvalue weighted by Gasteiger charge is -2.10. The van der Waals surface area contributed by atoms with Crippen LogP contribution in [0.5, 0.6) is 0 Å². The Morgan fingerprint density at radius 2 is 1.80 bits per heavy atom. The zero-order valence-corrected chi connectivity index (χ0v) is 17.0. The van der Waals surface area contributed by atoms with Crippen LogP contribution in [0.3, 0.4) is 0 Å². The molecule has 0 unspecified atom stereocenters. The molecule has 7 nitrogen and oxygen atoms in total. The van der Waals surface area contributed by atoms with Crippen LogP contribution in [-0.4, -0.2) is 32.0 Å². The lowest BCUT2D eigenvalue weighted by molar-refractivity contribution is -0.120. The van der Waals surface area contributed by atoms with Crippen molar-refractivity contribution in [1.82, 2.24) is 24.9 Å². The number of hydrogen-bond acceptors (Lipinski definition) is 4. The van der Waals surface area contributed by atoms with E-state index in [1.165, 1.54) is 10.7 Å². The second kappa shape index (κ2) is 8.32. The van der Waals surface area contributed by atoms with Crippen LogP contribution in [0, 0.1) is 13.8 Å². The molecular weight excluding hydrogens is 378 g/mol. The molecule has 0 aliphatic carbocycles. The Hall–Kier alpha value is -3.74. The molecule has 0 aliphatic rings. The van der Waals surface area contributed by atoms with Gasteiger partial charge in [0, 0.05) is 18.3 Å². The highest BCUT2D eigenvalue weighted by Crippen LogP contribution is 2.18. The SMILES string of the molecule is Cc1cc(C)n(-c2ccc(=O)n(CCNC(=O)Cc3cccc4ccccc34)n2)n1. The molecule has 1 amide bonds. The van der Waals surface area contributed by atoms with E-state index >= 15 is 0 Å². The predicted octanol–water partition coefficient (Wildman–Crippen LogP) is 2.56. The molecule has 2 heterocycles. The fraction of sp³-hybridized carbons (Fsp3) is 0.217. The molecule has 7 heteroatoms. The molecule has 0 atom stereocenters. The summed E-state index contributed by atoms with van der Waals surface area (Å²) in [6.07, 6.45) is 0.287. The van der Waals surface area contributed by atoms with Gasteiger partial charge in [0.2, 0.25) is 5.91 Å². The number of hydrogen-bond donors (Lipinski definition) is 1. The standard InChI is InChI=1S/C23H23N5O2/c1-16-14-17(2)28(25-16)21-10-11-23(30)27(26-21)13-12-24-22(29)15-19-8-5-7-18-6-3-4-9-20(18)19/h3-11,14H,12-13,15H2,1-2H3,(H,24,29). The highest BCUT2D eigenvalue weighted by Gasteiger charge is 2.09. The molecule has 0 radical (unpaired) electrons. The molecule has 2 aromatic heterocycles. The molecule has 0 fully saturated rings. The van der Waals surface area contributed by atoms with Gasteiger partial charge in [-0.3, -0.25) is 9.59 Å². The van der Waals surface area contributed by atoms with Crippen LogP contribution in [0.25, 0.3) is 16.6 Å². The highest BCUT2D eigenvalue weighted by molar-refractivity contribution is 5.90. The third kappa shape index (κ3) is 4.15. The van der Waals surface area contributed by atoms with Crippen LogP contribution in [0.15, 0.2) is 65.5 Å². The number of carbonyl (C=O) groups is 1. The minimum Gasteiger partial charge on any atom is -0.354 e. The van der Waals surface area contributed by atoms with Gasteiger partial charge < -0.3 is 5.32 Å². The Bertz CT molecular complexity index is 1270. The summed E-state index contributed by atoms with van der Waals surface area (Å²) in [7, 11) is 0. The van der Waals surface area contributed by atoms with Crippen LogP contribution < -0.4 is 10.9 Å². The van der Waals surface area contributed by atoms with Gasteiger partial charge in [0.05, 0.1) is 18.7 Å². The molecule has 4 rings (SSSR count). The van der Waals surface area contributed by atoms with E-state index in [-0.39, 0.29) is 24.4 Å². The summed E-state index contributed by atoms with van der Waals surface area (Å²) < 4.78 is 3.05. The van der Waals surface area contributed by atoms with Crippen LogP contribution in [0.2, 0.25) is 0 Å². The number of aromatic nitrogens is 4. The van der Waals surface area contributed by atoms with Gasteiger partial charge in [0.1, 0.15) is 0 Å². The first-order chi connectivity index (χ1) is 14.5. The average molecular weight is 401 g/mol. The van der Waals surface area contributed by atoms with E-state index in [2.05, 4.69) is 15.5 Å². The van der Waals surface area contributed by atoms with Crippen molar-refractivity contribution in [3.63, 3.8) is 0 Å². The molecular formula is C23H23N5O2. The summed E-state index contributed by atoms with van der Waals surface area (Å²) in [5.41, 5.74) is 2.58. The minimum absolute atomic E-state index is 0.0888. The third-order valence-corrected chi connectivity index (χ3v) is 4.96. The van der Waals surface area contributed by atoms with Crippen molar-refractivity contribution in [3.8, 4) is 5.82 Å². The van der Waals surface area contributed by atoms with Crippen LogP contribution in [0.1, 0.15) is 17.0 Å². The van der Waals surface area contributed by atoms with Gasteiger partial charge in [-0.25, -0.2) is 9.36 Å². The first-order valence-corrected chi connectivity index (χ1v) is 9.86. The summed E-state index contributed by atoms with van der Waals surface area (Å²) in [5.74, 6) is 0.483. The second-order valence-corrected chi connectivity index (χ2v) is 7.26. The molecule has 0 aliphatic heterocycles. The zero-order valence-electron chi connectivity index (χ0n) is 17.0. The molecule has 0 saturated heterocycles. The Balaban J connectivity index is 1.41.